The molecule has 0 fully saturated rings. The summed E-state index contributed by atoms with van der Waals surface area (Å²) in [5, 5.41) is 10.2. The van der Waals surface area contributed by atoms with Crippen molar-refractivity contribution in [3.63, 3.8) is 0 Å². The molecular formula is C18H14N2O3. The number of aryl methyl sites for hydroxylation is 2. The van der Waals surface area contributed by atoms with E-state index in [1.54, 1.807) is 18.2 Å². The smallest absolute Gasteiger partial charge is 0.335 e. The number of rotatable bonds is 2. The highest BCUT2D eigenvalue weighted by molar-refractivity contribution is 5.93. The van der Waals surface area contributed by atoms with Gasteiger partial charge >= 0.3 is 5.97 Å². The zero-order valence-electron chi connectivity index (χ0n) is 12.7. The summed E-state index contributed by atoms with van der Waals surface area (Å²) < 4.78 is 7.75. The van der Waals surface area contributed by atoms with Gasteiger partial charge in [0.1, 0.15) is 5.58 Å². The van der Waals surface area contributed by atoms with Crippen LogP contribution in [-0.2, 0) is 7.05 Å². The third-order valence-corrected chi connectivity index (χ3v) is 4.02. The second-order valence-electron chi connectivity index (χ2n) is 5.66. The van der Waals surface area contributed by atoms with E-state index in [1.165, 1.54) is 5.56 Å². The summed E-state index contributed by atoms with van der Waals surface area (Å²) in [5.41, 5.74) is 3.72. The lowest BCUT2D eigenvalue weighted by atomic mass is 10.2. The van der Waals surface area contributed by atoms with Gasteiger partial charge in [-0.15, -0.1) is 0 Å². The molecule has 2 aromatic heterocycles. The van der Waals surface area contributed by atoms with Gasteiger partial charge in [-0.3, -0.25) is 0 Å². The monoisotopic (exact) mass is 306 g/mol. The van der Waals surface area contributed by atoms with E-state index in [4.69, 9.17) is 9.52 Å². The van der Waals surface area contributed by atoms with Crippen LogP contribution >= 0.6 is 0 Å². The fourth-order valence-electron chi connectivity index (χ4n) is 2.82. The molecule has 4 aromatic rings. The summed E-state index contributed by atoms with van der Waals surface area (Å²) in [4.78, 5) is 15.7. The van der Waals surface area contributed by atoms with Crippen molar-refractivity contribution >= 4 is 28.0 Å². The molecule has 0 aliphatic rings. The van der Waals surface area contributed by atoms with E-state index in [0.717, 1.165) is 22.0 Å². The summed E-state index contributed by atoms with van der Waals surface area (Å²) >= 11 is 0. The maximum atomic E-state index is 11.1. The van der Waals surface area contributed by atoms with Gasteiger partial charge in [-0.25, -0.2) is 9.78 Å². The van der Waals surface area contributed by atoms with E-state index in [1.807, 2.05) is 36.7 Å². The fraction of sp³-hybridized carbons (Fsp3) is 0.111. The highest BCUT2D eigenvalue weighted by Crippen LogP contribution is 2.30. The van der Waals surface area contributed by atoms with Crippen LogP contribution in [0.3, 0.4) is 0 Å². The van der Waals surface area contributed by atoms with E-state index in [9.17, 15) is 4.79 Å². The van der Waals surface area contributed by atoms with E-state index in [0.29, 0.717) is 11.6 Å². The van der Waals surface area contributed by atoms with Crippen molar-refractivity contribution in [3.05, 3.63) is 53.6 Å². The average Bonchev–Trinajstić information content (AvgIpc) is 3.07. The van der Waals surface area contributed by atoms with Crippen LogP contribution in [0.2, 0.25) is 0 Å². The van der Waals surface area contributed by atoms with Gasteiger partial charge < -0.3 is 14.1 Å². The molecule has 0 aliphatic carbocycles. The second-order valence-corrected chi connectivity index (χ2v) is 5.66. The quantitative estimate of drug-likeness (QED) is 0.608. The topological polar surface area (TPSA) is 68.3 Å². The van der Waals surface area contributed by atoms with Crippen LogP contribution in [0.5, 0.6) is 0 Å². The summed E-state index contributed by atoms with van der Waals surface area (Å²) in [7, 11) is 1.86. The predicted molar refractivity (Wildman–Crippen MR) is 87.6 cm³/mol. The molecule has 0 unspecified atom stereocenters. The standard InChI is InChI=1S/C18H14N2O3/c1-10-3-6-15-12(7-10)9-16(23-15)17-19-13-5-4-11(18(21)22)8-14(13)20(17)2/h3-9H,1-2H3,(H,21,22). The molecule has 5 heteroatoms. The molecule has 23 heavy (non-hydrogen) atoms. The number of carbonyl (C=O) groups is 1. The molecule has 0 amide bonds. The molecule has 1 N–H and O–H groups in total. The Balaban J connectivity index is 1.93. The van der Waals surface area contributed by atoms with E-state index in [-0.39, 0.29) is 5.56 Å². The number of benzene rings is 2. The van der Waals surface area contributed by atoms with Crippen molar-refractivity contribution in [1.82, 2.24) is 9.55 Å². The Labute approximate surface area is 131 Å². The van der Waals surface area contributed by atoms with Gasteiger partial charge in [0.15, 0.2) is 11.6 Å². The zero-order chi connectivity index (χ0) is 16.1. The van der Waals surface area contributed by atoms with Crippen LogP contribution in [0.4, 0.5) is 0 Å². The van der Waals surface area contributed by atoms with Crippen LogP contribution in [0.1, 0.15) is 15.9 Å². The van der Waals surface area contributed by atoms with Gasteiger partial charge in [-0.2, -0.15) is 0 Å². The number of furan rings is 1. The van der Waals surface area contributed by atoms with Crippen molar-refractivity contribution < 1.29 is 14.3 Å². The molecule has 2 heterocycles. The minimum Gasteiger partial charge on any atom is -0.478 e. The Kier molecular flexibility index (Phi) is 2.78. The first-order valence-corrected chi connectivity index (χ1v) is 7.23. The molecule has 0 atom stereocenters. The lowest BCUT2D eigenvalue weighted by Gasteiger charge is -1.99. The molecule has 0 aliphatic heterocycles. The lowest BCUT2D eigenvalue weighted by Crippen LogP contribution is -1.97. The number of hydrogen-bond acceptors (Lipinski definition) is 3. The molecular weight excluding hydrogens is 292 g/mol. The Morgan fingerprint density at radius 2 is 2.00 bits per heavy atom. The summed E-state index contributed by atoms with van der Waals surface area (Å²) in [6.45, 7) is 2.04. The summed E-state index contributed by atoms with van der Waals surface area (Å²) in [6.07, 6.45) is 0. The maximum absolute atomic E-state index is 11.1. The van der Waals surface area contributed by atoms with Crippen molar-refractivity contribution in [2.24, 2.45) is 7.05 Å². The molecule has 0 radical (unpaired) electrons. The predicted octanol–water partition coefficient (Wildman–Crippen LogP) is 3.99. The second kappa shape index (κ2) is 4.71. The molecule has 2 aromatic carbocycles. The van der Waals surface area contributed by atoms with Crippen LogP contribution < -0.4 is 0 Å². The van der Waals surface area contributed by atoms with Crippen LogP contribution in [0.15, 0.2) is 46.9 Å². The first-order valence-electron chi connectivity index (χ1n) is 7.23. The van der Waals surface area contributed by atoms with Crippen molar-refractivity contribution in [2.45, 2.75) is 6.92 Å². The van der Waals surface area contributed by atoms with Crippen molar-refractivity contribution in [1.29, 1.82) is 0 Å². The molecule has 4 rings (SSSR count). The minimum atomic E-state index is -0.950. The average molecular weight is 306 g/mol. The first-order chi connectivity index (χ1) is 11.0. The number of carboxylic acids is 1. The van der Waals surface area contributed by atoms with Crippen LogP contribution in [0.25, 0.3) is 33.6 Å². The number of fused-ring (bicyclic) bond motifs is 2. The lowest BCUT2D eigenvalue weighted by molar-refractivity contribution is 0.0697. The Morgan fingerprint density at radius 3 is 2.78 bits per heavy atom. The molecule has 5 nitrogen and oxygen atoms in total. The number of aromatic carboxylic acids is 1. The third-order valence-electron chi connectivity index (χ3n) is 4.02. The van der Waals surface area contributed by atoms with Gasteiger partial charge in [0.2, 0.25) is 0 Å². The highest BCUT2D eigenvalue weighted by atomic mass is 16.4. The minimum absolute atomic E-state index is 0.243. The Hall–Kier alpha value is -3.08. The van der Waals surface area contributed by atoms with Gasteiger partial charge in [0.05, 0.1) is 16.6 Å². The number of carboxylic acid groups (broad SMARTS) is 1. The van der Waals surface area contributed by atoms with Gasteiger partial charge in [-0.05, 0) is 43.3 Å². The Bertz CT molecular complexity index is 1070. The number of nitrogens with zero attached hydrogens (tertiary/aromatic N) is 2. The Morgan fingerprint density at radius 1 is 1.17 bits per heavy atom. The van der Waals surface area contributed by atoms with Crippen molar-refractivity contribution in [2.75, 3.05) is 0 Å². The summed E-state index contributed by atoms with van der Waals surface area (Å²) in [5.74, 6) is 0.395. The maximum Gasteiger partial charge on any atom is 0.335 e. The van der Waals surface area contributed by atoms with Crippen LogP contribution in [-0.4, -0.2) is 20.6 Å². The number of aromatic nitrogens is 2. The van der Waals surface area contributed by atoms with Crippen LogP contribution in [0, 0.1) is 6.92 Å². The van der Waals surface area contributed by atoms with Gasteiger partial charge in [0.25, 0.3) is 0 Å². The molecule has 114 valence electrons. The van der Waals surface area contributed by atoms with E-state index < -0.39 is 5.97 Å². The SMILES string of the molecule is Cc1ccc2oc(-c3nc4ccc(C(=O)O)cc4n3C)cc2c1. The van der Waals surface area contributed by atoms with E-state index >= 15 is 0 Å². The summed E-state index contributed by atoms with van der Waals surface area (Å²) in [6, 6.07) is 12.9. The number of imidazole rings is 1. The molecule has 0 saturated carbocycles. The fourth-order valence-corrected chi connectivity index (χ4v) is 2.82. The van der Waals surface area contributed by atoms with Gasteiger partial charge in [-0.1, -0.05) is 11.6 Å². The molecule has 0 bridgehead atoms. The third kappa shape index (κ3) is 2.09. The molecule has 0 saturated heterocycles. The largest absolute Gasteiger partial charge is 0.478 e. The normalized spacial score (nSPS) is 11.4. The van der Waals surface area contributed by atoms with Gasteiger partial charge in [0, 0.05) is 12.4 Å². The number of hydrogen-bond donors (Lipinski definition) is 1. The first kappa shape index (κ1) is 13.6. The zero-order valence-corrected chi connectivity index (χ0v) is 12.7. The highest BCUT2D eigenvalue weighted by Gasteiger charge is 2.15. The van der Waals surface area contributed by atoms with E-state index in [2.05, 4.69) is 11.1 Å². The van der Waals surface area contributed by atoms with Crippen molar-refractivity contribution in [3.8, 4) is 11.6 Å². The molecule has 0 spiro atoms.